The quantitative estimate of drug-likeness (QED) is 0.0806. The van der Waals surface area contributed by atoms with Gasteiger partial charge in [-0.15, -0.1) is 4.33 Å². The van der Waals surface area contributed by atoms with Crippen LogP contribution < -0.4 is 4.90 Å². The van der Waals surface area contributed by atoms with E-state index in [4.69, 9.17) is 5.26 Å². The first-order chi connectivity index (χ1) is 20.7. The second kappa shape index (κ2) is 12.5. The van der Waals surface area contributed by atoms with E-state index in [1.807, 2.05) is 27.7 Å². The number of fused-ring (bicyclic) bond motifs is 2. The minimum atomic E-state index is -4.51. The third kappa shape index (κ3) is 7.67. The summed E-state index contributed by atoms with van der Waals surface area (Å²) in [6.45, 7) is 7.51. The molecule has 18 heteroatoms. The van der Waals surface area contributed by atoms with E-state index in [2.05, 4.69) is 9.37 Å². The summed E-state index contributed by atoms with van der Waals surface area (Å²) >= 11 is 0.734. The Hall–Kier alpha value is -2.65. The maximum atomic E-state index is 12.0. The molecule has 2 aliphatic heterocycles. The number of benzene rings is 2. The molecule has 0 spiro atoms. The smallest absolute Gasteiger partial charge is 0.326 e. The minimum Gasteiger partial charge on any atom is -0.344 e. The monoisotopic (exact) mass is 705 g/mol. The molecule has 2 aromatic carbocycles. The molecule has 0 aromatic heterocycles. The van der Waals surface area contributed by atoms with Crippen molar-refractivity contribution in [3.05, 3.63) is 71.5 Å². The molecule has 4 rings (SSSR count). The standard InChI is InChI=1S/C27H32N2O12S4/c1-26(2)20-15-18(42-41-40-30)9-11-23(20)29(17-44(34,35)36)25(26)8-5-7-24-27(3,4)21-16-19(45(37,38)39)10-12-22(21)28(24)13-6-14-43(31,32)33/h5,7-12,15-16H,6,13-14,17H2,1-4H3,(H3-,30,31,32,33,34,35,36,37,38,39)/p+1. The van der Waals surface area contributed by atoms with Gasteiger partial charge in [-0.05, 0) is 62.2 Å². The van der Waals surface area contributed by atoms with Gasteiger partial charge in [-0.2, -0.15) is 29.8 Å². The molecule has 0 radical (unpaired) electrons. The first kappa shape index (κ1) is 35.2. The van der Waals surface area contributed by atoms with Crippen molar-refractivity contribution < 1.29 is 58.1 Å². The Balaban J connectivity index is 1.81. The summed E-state index contributed by atoms with van der Waals surface area (Å²) in [5.74, 6) is -1.24. The fourth-order valence-corrected chi connectivity index (χ4v) is 7.76. The topological polar surface area (TPSA) is 208 Å². The van der Waals surface area contributed by atoms with Crippen molar-refractivity contribution in [1.82, 2.24) is 0 Å². The van der Waals surface area contributed by atoms with Gasteiger partial charge in [0.2, 0.25) is 5.69 Å². The van der Waals surface area contributed by atoms with E-state index in [0.717, 1.165) is 12.0 Å². The molecule has 0 aliphatic carbocycles. The summed E-state index contributed by atoms with van der Waals surface area (Å²) in [4.78, 5) is 2.03. The molecule has 0 saturated heterocycles. The largest absolute Gasteiger partial charge is 0.344 e. The van der Waals surface area contributed by atoms with Gasteiger partial charge in [0.1, 0.15) is 0 Å². The summed E-state index contributed by atoms with van der Waals surface area (Å²) in [6.07, 6.45) is 5.12. The van der Waals surface area contributed by atoms with E-state index >= 15 is 0 Å². The van der Waals surface area contributed by atoms with Gasteiger partial charge in [0.25, 0.3) is 26.1 Å². The number of hydrogen-bond acceptors (Lipinski definition) is 11. The molecule has 2 aromatic rings. The molecule has 0 saturated carbocycles. The molecule has 4 N–H and O–H groups in total. The predicted octanol–water partition coefficient (Wildman–Crippen LogP) is 4.10. The molecule has 0 unspecified atom stereocenters. The van der Waals surface area contributed by atoms with E-state index in [1.54, 1.807) is 41.3 Å². The zero-order chi connectivity index (χ0) is 33.6. The number of hydrogen-bond donors (Lipinski definition) is 4. The van der Waals surface area contributed by atoms with Crippen LogP contribution in [0.15, 0.2) is 70.1 Å². The lowest BCUT2D eigenvalue weighted by Gasteiger charge is -2.27. The summed E-state index contributed by atoms with van der Waals surface area (Å²) < 4.78 is 105. The molecule has 0 amide bonds. The van der Waals surface area contributed by atoms with Gasteiger partial charge in [-0.25, -0.2) is 5.26 Å². The fraction of sp³-hybridized carbons (Fsp3) is 0.370. The van der Waals surface area contributed by atoms with E-state index in [-0.39, 0.29) is 17.9 Å². The predicted molar refractivity (Wildman–Crippen MR) is 166 cm³/mol. The summed E-state index contributed by atoms with van der Waals surface area (Å²) in [7, 11) is -13.2. The molecular formula is C27H33N2O12S4+. The van der Waals surface area contributed by atoms with Gasteiger partial charge in [0.15, 0.2) is 5.71 Å². The maximum absolute atomic E-state index is 12.0. The van der Waals surface area contributed by atoms with Crippen LogP contribution in [0.25, 0.3) is 0 Å². The highest BCUT2D eigenvalue weighted by molar-refractivity contribution is 7.94. The number of anilines is 1. The Morgan fingerprint density at radius 3 is 2.20 bits per heavy atom. The molecule has 45 heavy (non-hydrogen) atoms. The van der Waals surface area contributed by atoms with Gasteiger partial charge >= 0.3 is 10.1 Å². The number of allylic oxidation sites excluding steroid dienone is 4. The highest BCUT2D eigenvalue weighted by atomic mass is 32.2. The van der Waals surface area contributed by atoms with E-state index in [9.17, 15) is 38.9 Å². The number of rotatable bonds is 12. The molecule has 2 heterocycles. The minimum absolute atomic E-state index is 0.0443. The van der Waals surface area contributed by atoms with Crippen LogP contribution in [0.1, 0.15) is 45.2 Å². The second-order valence-corrected chi connectivity index (χ2v) is 16.7. The van der Waals surface area contributed by atoms with E-state index < -0.39 is 52.8 Å². The summed E-state index contributed by atoms with van der Waals surface area (Å²) in [6, 6.07) is 9.10. The van der Waals surface area contributed by atoms with Gasteiger partial charge in [-0.1, -0.05) is 25.0 Å². The Bertz CT molecular complexity index is 1930. The lowest BCUT2D eigenvalue weighted by atomic mass is 9.81. The van der Waals surface area contributed by atoms with Crippen LogP contribution in [-0.4, -0.2) is 72.6 Å². The van der Waals surface area contributed by atoms with Gasteiger partial charge in [-0.3, -0.25) is 13.7 Å². The van der Waals surface area contributed by atoms with Crippen molar-refractivity contribution >= 4 is 59.5 Å². The lowest BCUT2D eigenvalue weighted by Crippen LogP contribution is -2.29. The van der Waals surface area contributed by atoms with Gasteiger partial charge < -0.3 is 4.90 Å². The molecule has 0 atom stereocenters. The SMILES string of the molecule is CC1(C)C(/C=C/C=C2/N(CCCS(=O)(=O)O)c3ccc(S(=O)(=O)O)cc3C2(C)C)=[N+](CS(=O)(=O)O)c2ccc(SOOO)cc21. The van der Waals surface area contributed by atoms with Crippen molar-refractivity contribution in [2.24, 2.45) is 0 Å². The van der Waals surface area contributed by atoms with Gasteiger partial charge in [0, 0.05) is 45.9 Å². The van der Waals surface area contributed by atoms with Crippen molar-refractivity contribution in [2.45, 2.75) is 54.7 Å². The molecule has 14 nitrogen and oxygen atoms in total. The molecular weight excluding hydrogens is 673 g/mol. The first-order valence-electron chi connectivity index (χ1n) is 13.3. The van der Waals surface area contributed by atoms with Crippen LogP contribution >= 0.6 is 12.0 Å². The van der Waals surface area contributed by atoms with Crippen molar-refractivity contribution in [2.75, 3.05) is 23.1 Å². The molecule has 2 aliphatic rings. The summed E-state index contributed by atoms with van der Waals surface area (Å²) in [5, 5.41) is 12.2. The zero-order valence-electron chi connectivity index (χ0n) is 24.6. The highest BCUT2D eigenvalue weighted by Gasteiger charge is 2.46. The normalized spacial score (nSPS) is 18.7. The third-order valence-corrected chi connectivity index (χ3v) is 10.6. The maximum Gasteiger partial charge on any atom is 0.326 e. The van der Waals surface area contributed by atoms with Crippen LogP contribution in [-0.2, 0) is 50.6 Å². The van der Waals surface area contributed by atoms with Gasteiger partial charge in [0.05, 0.1) is 28.1 Å². The lowest BCUT2D eigenvalue weighted by molar-refractivity contribution is -0.432. The van der Waals surface area contributed by atoms with Crippen molar-refractivity contribution in [1.29, 1.82) is 0 Å². The van der Waals surface area contributed by atoms with E-state index in [0.29, 0.717) is 38.8 Å². The van der Waals surface area contributed by atoms with Crippen LogP contribution in [0, 0.1) is 0 Å². The molecule has 0 fully saturated rings. The Morgan fingerprint density at radius 2 is 1.60 bits per heavy atom. The molecule has 0 bridgehead atoms. The van der Waals surface area contributed by atoms with Crippen molar-refractivity contribution in [3.63, 3.8) is 0 Å². The Morgan fingerprint density at radius 1 is 0.911 bits per heavy atom. The number of nitrogens with zero attached hydrogens (tertiary/aromatic N) is 2. The van der Waals surface area contributed by atoms with Crippen LogP contribution in [0.2, 0.25) is 0 Å². The zero-order valence-corrected chi connectivity index (χ0v) is 27.9. The third-order valence-electron chi connectivity index (χ3n) is 7.77. The van der Waals surface area contributed by atoms with Crippen LogP contribution in [0.4, 0.5) is 11.4 Å². The average molecular weight is 706 g/mol. The fourth-order valence-electron chi connectivity index (χ4n) is 5.75. The molecule has 246 valence electrons. The van der Waals surface area contributed by atoms with Crippen LogP contribution in [0.5, 0.6) is 0 Å². The van der Waals surface area contributed by atoms with E-state index in [1.165, 1.54) is 22.8 Å². The summed E-state index contributed by atoms with van der Waals surface area (Å²) in [5.41, 5.74) is 1.85. The Labute approximate surface area is 266 Å². The van der Waals surface area contributed by atoms with Crippen LogP contribution in [0.3, 0.4) is 0 Å². The van der Waals surface area contributed by atoms with Crippen molar-refractivity contribution in [3.8, 4) is 0 Å². The Kier molecular flexibility index (Phi) is 9.79. The highest BCUT2D eigenvalue weighted by Crippen LogP contribution is 2.49. The average Bonchev–Trinajstić information content (AvgIpc) is 3.24. The second-order valence-electron chi connectivity index (χ2n) is 11.5. The first-order valence-corrected chi connectivity index (χ1v) is 18.7.